The van der Waals surface area contributed by atoms with Gasteiger partial charge in [-0.15, -0.1) is 0 Å². The number of hydrogen-bond donors (Lipinski definition) is 1. The summed E-state index contributed by atoms with van der Waals surface area (Å²) in [6.07, 6.45) is 0. The molecule has 12 heavy (non-hydrogen) atoms. The van der Waals surface area contributed by atoms with Crippen LogP contribution >= 0.6 is 0 Å². The topological polar surface area (TPSA) is 38.7 Å². The molecule has 3 nitrogen and oxygen atoms in total. The van der Waals surface area contributed by atoms with Gasteiger partial charge in [0.05, 0.1) is 14.2 Å². The van der Waals surface area contributed by atoms with Gasteiger partial charge in [0.2, 0.25) is 5.75 Å². The van der Waals surface area contributed by atoms with E-state index in [0.29, 0.717) is 17.0 Å². The number of benzene rings is 1. The third kappa shape index (κ3) is 1.47. The highest BCUT2D eigenvalue weighted by atomic mass is 16.5. The third-order valence-electron chi connectivity index (χ3n) is 1.48. The summed E-state index contributed by atoms with van der Waals surface area (Å²) in [6.45, 7) is 0. The van der Waals surface area contributed by atoms with Gasteiger partial charge in [-0.1, -0.05) is 5.46 Å². The minimum atomic E-state index is -0.0191. The number of phenolic OH excluding ortho intramolecular Hbond substituents is 1. The molecule has 0 fully saturated rings. The summed E-state index contributed by atoms with van der Waals surface area (Å²) < 4.78 is 9.82. The first kappa shape index (κ1) is 8.78. The highest BCUT2D eigenvalue weighted by Crippen LogP contribution is 2.34. The Kier molecular flexibility index (Phi) is 2.48. The average molecular weight is 164 g/mol. The van der Waals surface area contributed by atoms with Crippen LogP contribution in [0.1, 0.15) is 0 Å². The number of methoxy groups -OCH3 is 2. The van der Waals surface area contributed by atoms with Gasteiger partial charge in [-0.3, -0.25) is 0 Å². The molecule has 0 amide bonds. The zero-order valence-corrected chi connectivity index (χ0v) is 7.00. The van der Waals surface area contributed by atoms with E-state index in [1.54, 1.807) is 6.07 Å². The zero-order valence-electron chi connectivity index (χ0n) is 7.00. The summed E-state index contributed by atoms with van der Waals surface area (Å²) in [4.78, 5) is 0. The standard InChI is InChI=1S/C8H9BO3/c1-11-7-4-5(9)3-6(10)8(7)12-2/h3-4,10H,1-2H3. The lowest BCUT2D eigenvalue weighted by Crippen LogP contribution is -2.03. The van der Waals surface area contributed by atoms with Gasteiger partial charge < -0.3 is 14.6 Å². The normalized spacial score (nSPS) is 9.50. The van der Waals surface area contributed by atoms with Gasteiger partial charge in [-0.2, -0.15) is 0 Å². The van der Waals surface area contributed by atoms with Gasteiger partial charge >= 0.3 is 0 Å². The molecule has 1 N–H and O–H groups in total. The first-order valence-electron chi connectivity index (χ1n) is 3.39. The SMILES string of the molecule is [B]c1cc(O)c(OC)c(OC)c1. The Morgan fingerprint density at radius 2 is 1.92 bits per heavy atom. The summed E-state index contributed by atoms with van der Waals surface area (Å²) in [5.41, 5.74) is 0.435. The van der Waals surface area contributed by atoms with Crippen molar-refractivity contribution in [1.29, 1.82) is 0 Å². The molecule has 0 unspecified atom stereocenters. The van der Waals surface area contributed by atoms with Crippen LogP contribution in [-0.2, 0) is 0 Å². The molecule has 0 bridgehead atoms. The third-order valence-corrected chi connectivity index (χ3v) is 1.48. The second-order valence-electron chi connectivity index (χ2n) is 2.28. The molecular weight excluding hydrogens is 155 g/mol. The lowest BCUT2D eigenvalue weighted by Gasteiger charge is -2.09. The monoisotopic (exact) mass is 164 g/mol. The molecule has 0 spiro atoms. The molecule has 0 saturated carbocycles. The molecule has 0 aliphatic heterocycles. The number of phenols is 1. The summed E-state index contributed by atoms with van der Waals surface area (Å²) in [7, 11) is 8.40. The molecule has 0 aliphatic rings. The molecule has 0 heterocycles. The largest absolute Gasteiger partial charge is 0.504 e. The Balaban J connectivity index is 3.24. The van der Waals surface area contributed by atoms with Crippen molar-refractivity contribution in [3.8, 4) is 17.2 Å². The van der Waals surface area contributed by atoms with Crippen molar-refractivity contribution in [2.24, 2.45) is 0 Å². The molecule has 0 saturated heterocycles. The van der Waals surface area contributed by atoms with Crippen LogP contribution in [0, 0.1) is 0 Å². The van der Waals surface area contributed by atoms with E-state index in [-0.39, 0.29) is 5.75 Å². The molecule has 0 atom stereocenters. The lowest BCUT2D eigenvalue weighted by atomic mass is 9.95. The molecule has 0 aromatic heterocycles. The maximum atomic E-state index is 9.32. The Morgan fingerprint density at radius 3 is 2.42 bits per heavy atom. The van der Waals surface area contributed by atoms with Crippen LogP contribution in [0.5, 0.6) is 17.2 Å². The quantitative estimate of drug-likeness (QED) is 0.634. The zero-order chi connectivity index (χ0) is 9.14. The number of aromatic hydroxyl groups is 1. The molecule has 2 radical (unpaired) electrons. The molecule has 4 heteroatoms. The summed E-state index contributed by atoms with van der Waals surface area (Å²) >= 11 is 0. The van der Waals surface area contributed by atoms with E-state index in [1.165, 1.54) is 20.3 Å². The van der Waals surface area contributed by atoms with Crippen LogP contribution in [0.3, 0.4) is 0 Å². The molecule has 62 valence electrons. The highest BCUT2D eigenvalue weighted by molar-refractivity contribution is 6.32. The Labute approximate surface area is 72.3 Å². The van der Waals surface area contributed by atoms with Crippen LogP contribution < -0.4 is 14.9 Å². The maximum absolute atomic E-state index is 9.32. The minimum absolute atomic E-state index is 0.0191. The van der Waals surface area contributed by atoms with Crippen molar-refractivity contribution in [2.75, 3.05) is 14.2 Å². The summed E-state index contributed by atoms with van der Waals surface area (Å²) in [6, 6.07) is 2.99. The van der Waals surface area contributed by atoms with Crippen molar-refractivity contribution in [3.63, 3.8) is 0 Å². The van der Waals surface area contributed by atoms with Gasteiger partial charge in [-0.25, -0.2) is 0 Å². The summed E-state index contributed by atoms with van der Waals surface area (Å²) in [5.74, 6) is 0.705. The van der Waals surface area contributed by atoms with Crippen LogP contribution in [0.25, 0.3) is 0 Å². The van der Waals surface area contributed by atoms with Gasteiger partial charge in [0, 0.05) is 0 Å². The van der Waals surface area contributed by atoms with Gasteiger partial charge in [0.1, 0.15) is 7.85 Å². The Bertz CT molecular complexity index is 286. The Hall–Kier alpha value is -1.32. The molecule has 0 aliphatic carbocycles. The van der Waals surface area contributed by atoms with Crippen molar-refractivity contribution < 1.29 is 14.6 Å². The minimum Gasteiger partial charge on any atom is -0.504 e. The van der Waals surface area contributed by atoms with E-state index in [2.05, 4.69) is 0 Å². The van der Waals surface area contributed by atoms with E-state index < -0.39 is 0 Å². The fourth-order valence-corrected chi connectivity index (χ4v) is 0.965. The van der Waals surface area contributed by atoms with E-state index in [0.717, 1.165) is 0 Å². The van der Waals surface area contributed by atoms with E-state index in [4.69, 9.17) is 17.3 Å². The van der Waals surface area contributed by atoms with E-state index in [1.807, 2.05) is 0 Å². The highest BCUT2D eigenvalue weighted by Gasteiger charge is 2.08. The second kappa shape index (κ2) is 3.39. The first-order valence-corrected chi connectivity index (χ1v) is 3.39. The van der Waals surface area contributed by atoms with E-state index >= 15 is 0 Å². The summed E-state index contributed by atoms with van der Waals surface area (Å²) in [5, 5.41) is 9.32. The second-order valence-corrected chi connectivity index (χ2v) is 2.28. The smallest absolute Gasteiger partial charge is 0.202 e. The number of ether oxygens (including phenoxy) is 2. The van der Waals surface area contributed by atoms with Crippen LogP contribution in [0.2, 0.25) is 0 Å². The number of hydrogen-bond acceptors (Lipinski definition) is 3. The average Bonchev–Trinajstić information content (AvgIpc) is 2.03. The maximum Gasteiger partial charge on any atom is 0.202 e. The first-order chi connectivity index (χ1) is 5.69. The Morgan fingerprint density at radius 1 is 1.25 bits per heavy atom. The van der Waals surface area contributed by atoms with Crippen LogP contribution in [0.15, 0.2) is 12.1 Å². The van der Waals surface area contributed by atoms with Gasteiger partial charge in [-0.05, 0) is 12.1 Å². The van der Waals surface area contributed by atoms with Crippen molar-refractivity contribution in [3.05, 3.63) is 12.1 Å². The number of rotatable bonds is 2. The van der Waals surface area contributed by atoms with E-state index in [9.17, 15) is 5.11 Å². The predicted octanol–water partition coefficient (Wildman–Crippen LogP) is 0.203. The molecule has 1 aromatic rings. The van der Waals surface area contributed by atoms with Gasteiger partial charge in [0.15, 0.2) is 11.5 Å². The predicted molar refractivity (Wildman–Crippen MR) is 46.6 cm³/mol. The van der Waals surface area contributed by atoms with Crippen molar-refractivity contribution >= 4 is 13.3 Å². The fraction of sp³-hybridized carbons (Fsp3) is 0.250. The van der Waals surface area contributed by atoms with Gasteiger partial charge in [0.25, 0.3) is 0 Å². The fourth-order valence-electron chi connectivity index (χ4n) is 0.965. The van der Waals surface area contributed by atoms with Crippen molar-refractivity contribution in [1.82, 2.24) is 0 Å². The lowest BCUT2D eigenvalue weighted by molar-refractivity contribution is 0.333. The molecular formula is C8H9BO3. The van der Waals surface area contributed by atoms with Crippen molar-refractivity contribution in [2.45, 2.75) is 0 Å². The molecule has 1 rings (SSSR count). The van der Waals surface area contributed by atoms with Crippen LogP contribution in [-0.4, -0.2) is 27.2 Å². The molecule has 1 aromatic carbocycles. The van der Waals surface area contributed by atoms with Crippen LogP contribution in [0.4, 0.5) is 0 Å².